The number of rotatable bonds is 4. The second-order valence-corrected chi connectivity index (χ2v) is 5.13. The van der Waals surface area contributed by atoms with Gasteiger partial charge in [-0.15, -0.1) is 0 Å². The first-order valence-corrected chi connectivity index (χ1v) is 6.58. The Morgan fingerprint density at radius 3 is 2.63 bits per heavy atom. The predicted octanol–water partition coefficient (Wildman–Crippen LogP) is 1.26. The zero-order chi connectivity index (χ0) is 14.6. The molecule has 3 N–H and O–H groups in total. The smallest absolute Gasteiger partial charge is 0.346 e. The van der Waals surface area contributed by atoms with Crippen LogP contribution in [0, 0.1) is 0 Å². The lowest BCUT2D eigenvalue weighted by Gasteiger charge is -2.43. The number of hydrogen-bond acceptors (Lipinski definition) is 3. The lowest BCUT2D eigenvalue weighted by molar-refractivity contribution is -0.142. The van der Waals surface area contributed by atoms with Crippen LogP contribution in [0.4, 0.5) is 13.2 Å². The Hall–Kier alpha value is -0.820. The molecule has 112 valence electrons. The van der Waals surface area contributed by atoms with Crippen molar-refractivity contribution in [1.82, 2.24) is 10.2 Å². The number of alkyl halides is 3. The maximum atomic E-state index is 12.1. The Morgan fingerprint density at radius 2 is 2.11 bits per heavy atom. The molecule has 0 aromatic rings. The molecule has 0 spiro atoms. The van der Waals surface area contributed by atoms with Gasteiger partial charge < -0.3 is 11.1 Å². The van der Waals surface area contributed by atoms with E-state index in [1.165, 1.54) is 0 Å². The molecule has 0 saturated carbocycles. The van der Waals surface area contributed by atoms with Crippen molar-refractivity contribution in [3.05, 3.63) is 0 Å². The highest BCUT2D eigenvalue weighted by Gasteiger charge is 2.35. The van der Waals surface area contributed by atoms with E-state index in [1.54, 1.807) is 6.92 Å². The largest absolute Gasteiger partial charge is 0.405 e. The van der Waals surface area contributed by atoms with E-state index in [1.807, 2.05) is 17.1 Å². The second-order valence-electron chi connectivity index (χ2n) is 5.13. The van der Waals surface area contributed by atoms with Crippen LogP contribution in [0.2, 0.25) is 0 Å². The van der Waals surface area contributed by atoms with Crippen LogP contribution >= 0.6 is 0 Å². The van der Waals surface area contributed by atoms with Gasteiger partial charge in [0.05, 0.1) is 6.04 Å². The quantitative estimate of drug-likeness (QED) is 0.815. The second kappa shape index (κ2) is 6.56. The van der Waals surface area contributed by atoms with Gasteiger partial charge in [0.25, 0.3) is 0 Å². The van der Waals surface area contributed by atoms with Gasteiger partial charge in [-0.05, 0) is 26.7 Å². The monoisotopic (exact) mass is 281 g/mol. The maximum Gasteiger partial charge on any atom is 0.405 e. The number of carbonyl (C=O) groups is 1. The summed E-state index contributed by atoms with van der Waals surface area (Å²) < 4.78 is 36.3. The van der Waals surface area contributed by atoms with E-state index in [0.29, 0.717) is 6.54 Å². The highest BCUT2D eigenvalue weighted by molar-refractivity contribution is 5.81. The van der Waals surface area contributed by atoms with Crippen molar-refractivity contribution >= 4 is 5.91 Å². The Kier molecular flexibility index (Phi) is 5.61. The van der Waals surface area contributed by atoms with Crippen molar-refractivity contribution in [2.75, 3.05) is 13.1 Å². The number of piperidine rings is 1. The summed E-state index contributed by atoms with van der Waals surface area (Å²) >= 11 is 0. The maximum absolute atomic E-state index is 12.1. The highest BCUT2D eigenvalue weighted by Crippen LogP contribution is 2.24. The van der Waals surface area contributed by atoms with E-state index in [-0.39, 0.29) is 12.1 Å². The molecule has 3 unspecified atom stereocenters. The molecule has 7 heteroatoms. The van der Waals surface area contributed by atoms with Crippen LogP contribution in [0.15, 0.2) is 0 Å². The molecule has 0 aromatic heterocycles. The summed E-state index contributed by atoms with van der Waals surface area (Å²) in [5.41, 5.74) is 5.68. The lowest BCUT2D eigenvalue weighted by atomic mass is 9.94. The van der Waals surface area contributed by atoms with Crippen LogP contribution in [0.1, 0.15) is 33.1 Å². The number of amides is 1. The van der Waals surface area contributed by atoms with E-state index >= 15 is 0 Å². The molecule has 0 aliphatic carbocycles. The van der Waals surface area contributed by atoms with Crippen LogP contribution in [-0.2, 0) is 4.79 Å². The highest BCUT2D eigenvalue weighted by atomic mass is 19.4. The van der Waals surface area contributed by atoms with Crippen molar-refractivity contribution in [3.8, 4) is 0 Å². The first kappa shape index (κ1) is 16.2. The van der Waals surface area contributed by atoms with Gasteiger partial charge in [0.2, 0.25) is 5.91 Å². The minimum atomic E-state index is -4.38. The SMILES string of the molecule is CC1CCCC(CN)N1C(C)C(=O)NCC(F)(F)F. The zero-order valence-corrected chi connectivity index (χ0v) is 11.3. The molecule has 0 radical (unpaired) electrons. The Balaban J connectivity index is 2.62. The minimum absolute atomic E-state index is 0.0652. The molecule has 1 saturated heterocycles. The number of nitrogens with two attached hydrogens (primary N) is 1. The fourth-order valence-corrected chi connectivity index (χ4v) is 2.71. The molecular weight excluding hydrogens is 259 g/mol. The molecule has 19 heavy (non-hydrogen) atoms. The van der Waals surface area contributed by atoms with E-state index < -0.39 is 24.7 Å². The predicted molar refractivity (Wildman–Crippen MR) is 66.5 cm³/mol. The average molecular weight is 281 g/mol. The molecule has 1 rings (SSSR count). The Morgan fingerprint density at radius 1 is 1.47 bits per heavy atom. The van der Waals surface area contributed by atoms with Gasteiger partial charge in [0.1, 0.15) is 6.54 Å². The molecule has 1 fully saturated rings. The van der Waals surface area contributed by atoms with Crippen molar-refractivity contribution < 1.29 is 18.0 Å². The molecule has 1 amide bonds. The molecule has 1 aliphatic heterocycles. The van der Waals surface area contributed by atoms with Crippen molar-refractivity contribution in [3.63, 3.8) is 0 Å². The first-order valence-electron chi connectivity index (χ1n) is 6.58. The third-order valence-electron chi connectivity index (χ3n) is 3.65. The first-order chi connectivity index (χ1) is 8.76. The van der Waals surface area contributed by atoms with Gasteiger partial charge in [0, 0.05) is 18.6 Å². The van der Waals surface area contributed by atoms with E-state index in [4.69, 9.17) is 5.73 Å². The van der Waals surface area contributed by atoms with Crippen molar-refractivity contribution in [1.29, 1.82) is 0 Å². The van der Waals surface area contributed by atoms with E-state index in [0.717, 1.165) is 19.3 Å². The third-order valence-corrected chi connectivity index (χ3v) is 3.65. The van der Waals surface area contributed by atoms with Crippen LogP contribution in [0.3, 0.4) is 0 Å². The summed E-state index contributed by atoms with van der Waals surface area (Å²) in [6.45, 7) is 2.75. The molecule has 4 nitrogen and oxygen atoms in total. The summed E-state index contributed by atoms with van der Waals surface area (Å²) in [4.78, 5) is 13.7. The minimum Gasteiger partial charge on any atom is -0.346 e. The fourth-order valence-electron chi connectivity index (χ4n) is 2.71. The van der Waals surface area contributed by atoms with Gasteiger partial charge >= 0.3 is 6.18 Å². The van der Waals surface area contributed by atoms with Crippen LogP contribution in [0.5, 0.6) is 0 Å². The van der Waals surface area contributed by atoms with Crippen LogP contribution in [-0.4, -0.2) is 48.2 Å². The van der Waals surface area contributed by atoms with Crippen molar-refractivity contribution in [2.45, 2.75) is 57.4 Å². The molecule has 3 atom stereocenters. The molecule has 1 aliphatic rings. The summed E-state index contributed by atoms with van der Waals surface area (Å²) in [6, 6.07) is -0.365. The zero-order valence-electron chi connectivity index (χ0n) is 11.3. The number of nitrogens with zero attached hydrogens (tertiary/aromatic N) is 1. The van der Waals surface area contributed by atoms with Gasteiger partial charge in [-0.3, -0.25) is 9.69 Å². The third kappa shape index (κ3) is 4.65. The Bertz CT molecular complexity index is 309. The summed E-state index contributed by atoms with van der Waals surface area (Å²) in [5.74, 6) is -0.593. The standard InChI is InChI=1S/C12H22F3N3O/c1-8-4-3-5-10(6-16)18(8)9(2)11(19)17-7-12(13,14)15/h8-10H,3-7,16H2,1-2H3,(H,17,19). The molecular formula is C12H22F3N3O. The summed E-state index contributed by atoms with van der Waals surface area (Å²) in [6.07, 6.45) is -1.52. The van der Waals surface area contributed by atoms with Crippen molar-refractivity contribution in [2.24, 2.45) is 5.73 Å². The molecule has 1 heterocycles. The molecule has 0 aromatic carbocycles. The number of hydrogen-bond donors (Lipinski definition) is 2. The van der Waals surface area contributed by atoms with Gasteiger partial charge in [0.15, 0.2) is 0 Å². The van der Waals surface area contributed by atoms with Crippen LogP contribution < -0.4 is 11.1 Å². The van der Waals surface area contributed by atoms with Crippen LogP contribution in [0.25, 0.3) is 0 Å². The average Bonchev–Trinajstić information content (AvgIpc) is 2.33. The lowest BCUT2D eigenvalue weighted by Crippen LogP contribution is -2.57. The van der Waals surface area contributed by atoms with E-state index in [9.17, 15) is 18.0 Å². The number of nitrogens with one attached hydrogen (secondary N) is 1. The van der Waals surface area contributed by atoms with Gasteiger partial charge in [-0.1, -0.05) is 6.42 Å². The number of carbonyl (C=O) groups excluding carboxylic acids is 1. The topological polar surface area (TPSA) is 58.4 Å². The molecule has 0 bridgehead atoms. The Labute approximate surface area is 111 Å². The summed E-state index contributed by atoms with van der Waals surface area (Å²) in [5, 5.41) is 1.94. The van der Waals surface area contributed by atoms with Gasteiger partial charge in [-0.25, -0.2) is 0 Å². The number of likely N-dealkylation sites (tertiary alicyclic amines) is 1. The van der Waals surface area contributed by atoms with E-state index in [2.05, 4.69) is 0 Å². The fraction of sp³-hybridized carbons (Fsp3) is 0.917. The normalized spacial score (nSPS) is 27.1. The summed E-state index contributed by atoms with van der Waals surface area (Å²) in [7, 11) is 0. The number of halogens is 3. The van der Waals surface area contributed by atoms with Gasteiger partial charge in [-0.2, -0.15) is 13.2 Å².